The summed E-state index contributed by atoms with van der Waals surface area (Å²) in [4.78, 5) is 23.4. The summed E-state index contributed by atoms with van der Waals surface area (Å²) in [7, 11) is 3.11. The van der Waals surface area contributed by atoms with E-state index in [4.69, 9.17) is 14.6 Å². The molecule has 0 spiro atoms. The lowest BCUT2D eigenvalue weighted by atomic mass is 9.99. The van der Waals surface area contributed by atoms with Gasteiger partial charge in [-0.2, -0.15) is 0 Å². The second-order valence-corrected chi connectivity index (χ2v) is 5.55. The zero-order valence-electron chi connectivity index (χ0n) is 14.0. The molecule has 0 bridgehead atoms. The molecule has 5 nitrogen and oxygen atoms in total. The summed E-state index contributed by atoms with van der Waals surface area (Å²) in [6.45, 7) is 1.92. The van der Waals surface area contributed by atoms with Crippen molar-refractivity contribution in [1.82, 2.24) is 0 Å². The van der Waals surface area contributed by atoms with E-state index in [1.54, 1.807) is 26.4 Å². The van der Waals surface area contributed by atoms with Crippen molar-refractivity contribution < 1.29 is 24.2 Å². The van der Waals surface area contributed by atoms with Gasteiger partial charge in [0.2, 0.25) is 0 Å². The molecule has 0 saturated heterocycles. The van der Waals surface area contributed by atoms with Crippen LogP contribution in [0.4, 0.5) is 0 Å². The Bertz CT molecular complexity index is 739. The second-order valence-electron chi connectivity index (χ2n) is 5.55. The van der Waals surface area contributed by atoms with E-state index in [2.05, 4.69) is 0 Å². The molecule has 1 N–H and O–H groups in total. The predicted octanol–water partition coefficient (Wildman–Crippen LogP) is 3.06. The Morgan fingerprint density at radius 1 is 1.00 bits per heavy atom. The summed E-state index contributed by atoms with van der Waals surface area (Å²) < 4.78 is 10.7. The molecule has 0 heterocycles. The minimum Gasteiger partial charge on any atom is -0.496 e. The van der Waals surface area contributed by atoms with Crippen molar-refractivity contribution in [1.29, 1.82) is 0 Å². The van der Waals surface area contributed by atoms with Crippen molar-refractivity contribution >= 4 is 11.8 Å². The molecule has 2 aromatic rings. The molecule has 0 unspecified atom stereocenters. The number of Topliss-reactive ketones (excluding diaryl/α,β-unsaturated/α-hetero) is 1. The van der Waals surface area contributed by atoms with Crippen molar-refractivity contribution in [2.45, 2.75) is 19.8 Å². The number of aromatic carboxylic acids is 1. The third kappa shape index (κ3) is 4.13. The number of hydrogen-bond acceptors (Lipinski definition) is 4. The number of ketones is 1. The summed E-state index contributed by atoms with van der Waals surface area (Å²) >= 11 is 0. The van der Waals surface area contributed by atoms with Crippen LogP contribution < -0.4 is 9.47 Å². The highest BCUT2D eigenvalue weighted by atomic mass is 16.5. The molecule has 0 atom stereocenters. The molecule has 2 rings (SSSR count). The van der Waals surface area contributed by atoms with Gasteiger partial charge in [0, 0.05) is 18.4 Å². The van der Waals surface area contributed by atoms with Crippen molar-refractivity contribution in [2.24, 2.45) is 0 Å². The maximum atomic E-state index is 12.4. The van der Waals surface area contributed by atoms with E-state index in [-0.39, 0.29) is 24.2 Å². The van der Waals surface area contributed by atoms with Crippen LogP contribution in [0.25, 0.3) is 0 Å². The SMILES string of the molecule is COc1cc(C)cc(OC)c1CC(=O)Cc1cccc(C(=O)O)c1. The molecule has 0 saturated carbocycles. The van der Waals surface area contributed by atoms with E-state index >= 15 is 0 Å². The van der Waals surface area contributed by atoms with Crippen molar-refractivity contribution in [3.8, 4) is 11.5 Å². The smallest absolute Gasteiger partial charge is 0.335 e. The van der Waals surface area contributed by atoms with E-state index in [9.17, 15) is 9.59 Å². The first-order chi connectivity index (χ1) is 11.4. The molecule has 5 heteroatoms. The number of rotatable bonds is 7. The van der Waals surface area contributed by atoms with Crippen LogP contribution >= 0.6 is 0 Å². The number of benzene rings is 2. The zero-order chi connectivity index (χ0) is 17.7. The molecule has 0 fully saturated rings. The number of carboxylic acid groups (broad SMARTS) is 1. The van der Waals surface area contributed by atoms with E-state index in [1.807, 2.05) is 19.1 Å². The van der Waals surface area contributed by atoms with E-state index in [1.165, 1.54) is 12.1 Å². The number of methoxy groups -OCH3 is 2. The quantitative estimate of drug-likeness (QED) is 0.845. The number of hydrogen-bond donors (Lipinski definition) is 1. The van der Waals surface area contributed by atoms with Crippen LogP contribution in [0.5, 0.6) is 11.5 Å². The molecular weight excluding hydrogens is 308 g/mol. The number of carbonyl (C=O) groups excluding carboxylic acids is 1. The largest absolute Gasteiger partial charge is 0.496 e. The van der Waals surface area contributed by atoms with Gasteiger partial charge in [-0.05, 0) is 42.3 Å². The average molecular weight is 328 g/mol. The first-order valence-electron chi connectivity index (χ1n) is 7.50. The van der Waals surface area contributed by atoms with Gasteiger partial charge in [-0.3, -0.25) is 4.79 Å². The van der Waals surface area contributed by atoms with Crippen LogP contribution in [-0.2, 0) is 17.6 Å². The van der Waals surface area contributed by atoms with Gasteiger partial charge in [0.05, 0.1) is 19.8 Å². The van der Waals surface area contributed by atoms with Crippen molar-refractivity contribution in [3.05, 3.63) is 58.7 Å². The molecule has 0 aromatic heterocycles. The fourth-order valence-corrected chi connectivity index (χ4v) is 2.59. The summed E-state index contributed by atoms with van der Waals surface area (Å²) in [6.07, 6.45) is 0.311. The summed E-state index contributed by atoms with van der Waals surface area (Å²) in [6, 6.07) is 10.1. The van der Waals surface area contributed by atoms with Gasteiger partial charge in [-0.1, -0.05) is 12.1 Å². The Balaban J connectivity index is 2.21. The average Bonchev–Trinajstić information content (AvgIpc) is 2.56. The third-order valence-corrected chi connectivity index (χ3v) is 3.70. The monoisotopic (exact) mass is 328 g/mol. The highest BCUT2D eigenvalue weighted by Crippen LogP contribution is 2.31. The molecule has 0 aliphatic rings. The topological polar surface area (TPSA) is 72.8 Å². The van der Waals surface area contributed by atoms with Crippen molar-refractivity contribution in [2.75, 3.05) is 14.2 Å². The predicted molar refractivity (Wildman–Crippen MR) is 90.1 cm³/mol. The molecule has 0 aliphatic heterocycles. The Morgan fingerprint density at radius 2 is 1.62 bits per heavy atom. The van der Waals surface area contributed by atoms with Gasteiger partial charge in [0.15, 0.2) is 0 Å². The van der Waals surface area contributed by atoms with Crippen LogP contribution in [0.2, 0.25) is 0 Å². The van der Waals surface area contributed by atoms with Crippen LogP contribution in [0, 0.1) is 6.92 Å². The van der Waals surface area contributed by atoms with Gasteiger partial charge in [0.25, 0.3) is 0 Å². The number of carboxylic acids is 1. The zero-order valence-corrected chi connectivity index (χ0v) is 14.0. The van der Waals surface area contributed by atoms with E-state index in [0.717, 1.165) is 5.56 Å². The Labute approximate surface area is 140 Å². The highest BCUT2D eigenvalue weighted by Gasteiger charge is 2.16. The first kappa shape index (κ1) is 17.5. The van der Waals surface area contributed by atoms with Crippen LogP contribution in [0.1, 0.15) is 27.0 Å². The molecule has 0 amide bonds. The molecular formula is C19H20O5. The van der Waals surface area contributed by atoms with Crippen LogP contribution in [0.15, 0.2) is 36.4 Å². The molecule has 2 aromatic carbocycles. The van der Waals surface area contributed by atoms with Gasteiger partial charge >= 0.3 is 5.97 Å². The first-order valence-corrected chi connectivity index (χ1v) is 7.50. The molecule has 0 aliphatic carbocycles. The normalized spacial score (nSPS) is 10.3. The molecule has 24 heavy (non-hydrogen) atoms. The Kier molecular flexibility index (Phi) is 5.58. The lowest BCUT2D eigenvalue weighted by Gasteiger charge is -2.14. The van der Waals surface area contributed by atoms with Crippen LogP contribution in [-0.4, -0.2) is 31.1 Å². The second kappa shape index (κ2) is 7.64. The minimum absolute atomic E-state index is 0.0435. The third-order valence-electron chi connectivity index (χ3n) is 3.70. The number of ether oxygens (including phenoxy) is 2. The maximum Gasteiger partial charge on any atom is 0.335 e. The summed E-state index contributed by atoms with van der Waals surface area (Å²) in [5.41, 5.74) is 2.52. The maximum absolute atomic E-state index is 12.4. The Hall–Kier alpha value is -2.82. The van der Waals surface area contributed by atoms with Gasteiger partial charge in [0.1, 0.15) is 17.3 Å². The van der Waals surface area contributed by atoms with E-state index < -0.39 is 5.97 Å². The fraction of sp³-hybridized carbons (Fsp3) is 0.263. The fourth-order valence-electron chi connectivity index (χ4n) is 2.59. The molecule has 126 valence electrons. The highest BCUT2D eigenvalue weighted by molar-refractivity contribution is 5.89. The number of aryl methyl sites for hydroxylation is 1. The standard InChI is InChI=1S/C19H20O5/c1-12-7-17(23-2)16(18(8-12)24-3)11-15(20)10-13-5-4-6-14(9-13)19(21)22/h4-9H,10-11H2,1-3H3,(H,21,22). The summed E-state index contributed by atoms with van der Waals surface area (Å²) in [5.74, 6) is 0.170. The van der Waals surface area contributed by atoms with Crippen LogP contribution in [0.3, 0.4) is 0 Å². The molecule has 0 radical (unpaired) electrons. The van der Waals surface area contributed by atoms with E-state index in [0.29, 0.717) is 22.6 Å². The lowest BCUT2D eigenvalue weighted by molar-refractivity contribution is -0.117. The Morgan fingerprint density at radius 3 is 2.17 bits per heavy atom. The van der Waals surface area contributed by atoms with Gasteiger partial charge < -0.3 is 14.6 Å². The van der Waals surface area contributed by atoms with Gasteiger partial charge in [-0.25, -0.2) is 4.79 Å². The van der Waals surface area contributed by atoms with Crippen molar-refractivity contribution in [3.63, 3.8) is 0 Å². The summed E-state index contributed by atoms with van der Waals surface area (Å²) in [5, 5.41) is 9.02. The minimum atomic E-state index is -1.01. The number of carbonyl (C=O) groups is 2. The van der Waals surface area contributed by atoms with Gasteiger partial charge in [-0.15, -0.1) is 0 Å². The lowest BCUT2D eigenvalue weighted by Crippen LogP contribution is -2.10.